The van der Waals surface area contributed by atoms with Crippen LogP contribution in [0, 0.1) is 0 Å². The predicted octanol–water partition coefficient (Wildman–Crippen LogP) is 1.84. The van der Waals surface area contributed by atoms with Crippen molar-refractivity contribution in [2.45, 2.75) is 62.3 Å². The summed E-state index contributed by atoms with van der Waals surface area (Å²) in [7, 11) is 2.13. The Morgan fingerprint density at radius 2 is 1.82 bits per heavy atom. The lowest BCUT2D eigenvalue weighted by atomic mass is 10.2. The molecule has 0 spiro atoms. The van der Waals surface area contributed by atoms with Crippen LogP contribution in [0.25, 0.3) is 0 Å². The second-order valence-corrected chi connectivity index (χ2v) is 11.0. The smallest absolute Gasteiger partial charge is 0.248 e. The number of aromatic amines is 1. The summed E-state index contributed by atoms with van der Waals surface area (Å²) in [5, 5.41) is 13.5. The number of fused-ring (bicyclic) bond motifs is 2. The molecule has 14 heteroatoms. The predicted molar refractivity (Wildman–Crippen MR) is 142 cm³/mol. The van der Waals surface area contributed by atoms with Crippen molar-refractivity contribution in [3.05, 3.63) is 30.4 Å². The van der Waals surface area contributed by atoms with Gasteiger partial charge in [0.1, 0.15) is 12.2 Å². The first kappa shape index (κ1) is 24.1. The lowest BCUT2D eigenvalue weighted by Gasteiger charge is -2.39. The van der Waals surface area contributed by atoms with Gasteiger partial charge in [-0.15, -0.1) is 0 Å². The van der Waals surface area contributed by atoms with Crippen LogP contribution in [0.2, 0.25) is 0 Å². The van der Waals surface area contributed by atoms with Crippen LogP contribution in [0.15, 0.2) is 24.7 Å². The van der Waals surface area contributed by atoms with Crippen molar-refractivity contribution < 1.29 is 9.18 Å². The number of H-pyrrole nitrogens is 1. The fourth-order valence-electron chi connectivity index (χ4n) is 6.04. The van der Waals surface area contributed by atoms with Gasteiger partial charge in [-0.2, -0.15) is 20.1 Å². The van der Waals surface area contributed by atoms with Gasteiger partial charge in [-0.1, -0.05) is 0 Å². The van der Waals surface area contributed by atoms with Crippen LogP contribution >= 0.6 is 0 Å². The van der Waals surface area contributed by atoms with Crippen molar-refractivity contribution in [1.82, 2.24) is 40.0 Å². The maximum atomic E-state index is 14.8. The maximum absolute atomic E-state index is 14.8. The quantitative estimate of drug-likeness (QED) is 0.408. The first-order valence-corrected chi connectivity index (χ1v) is 13.5. The Morgan fingerprint density at radius 3 is 2.56 bits per heavy atom. The average Bonchev–Trinajstić information content (AvgIpc) is 3.44. The highest BCUT2D eigenvalue weighted by molar-refractivity contribution is 5.96. The van der Waals surface area contributed by atoms with Crippen LogP contribution < -0.4 is 20.4 Å². The van der Waals surface area contributed by atoms with Gasteiger partial charge in [-0.3, -0.25) is 14.9 Å². The fraction of sp³-hybridized carbons (Fsp3) is 0.560. The molecule has 4 fully saturated rings. The largest absolute Gasteiger partial charge is 0.332 e. The Balaban J connectivity index is 1.22. The molecule has 4 aliphatic rings. The highest BCUT2D eigenvalue weighted by atomic mass is 19.1. The van der Waals surface area contributed by atoms with E-state index in [0.717, 1.165) is 44.5 Å². The van der Waals surface area contributed by atoms with Crippen molar-refractivity contribution in [2.75, 3.05) is 47.1 Å². The Bertz CT molecular complexity index is 1340. The minimum atomic E-state index is -1.20. The third kappa shape index (κ3) is 4.84. The number of aromatic nitrogens is 7. The second kappa shape index (κ2) is 9.67. The number of nitrogens with one attached hydrogen (secondary N) is 3. The molecule has 0 aromatic carbocycles. The molecule has 3 saturated heterocycles. The van der Waals surface area contributed by atoms with Crippen LogP contribution in [0.5, 0.6) is 0 Å². The fourth-order valence-corrected chi connectivity index (χ4v) is 6.04. The third-order valence-corrected chi connectivity index (χ3v) is 7.99. The Morgan fingerprint density at radius 1 is 1.03 bits per heavy atom. The number of amides is 1. The summed E-state index contributed by atoms with van der Waals surface area (Å²) in [6.07, 6.45) is 7.72. The molecule has 13 nitrogen and oxygen atoms in total. The number of anilines is 5. The van der Waals surface area contributed by atoms with Crippen LogP contribution in [-0.4, -0.2) is 96.9 Å². The Labute approximate surface area is 224 Å². The number of halogens is 1. The van der Waals surface area contributed by atoms with E-state index in [0.29, 0.717) is 29.5 Å². The standard InChI is InChI=1S/C25H31FN12O/c1-36-12-16-4-5-17(13-36)38(16)25-32-23(30-20-9-18(34-35-20)14-2-3-14)31-24(33-25)37-11-15(26)8-19(37)22(39)29-21-10-27-6-7-28-21/h6-7,9-10,14-17,19H,2-5,8,11-13H2,1H3,(H,28,29,39)(H2,30,31,32,33,34,35)/t15-,16-,17+,19+/m1/s1. The molecule has 39 heavy (non-hydrogen) atoms. The lowest BCUT2D eigenvalue weighted by molar-refractivity contribution is -0.117. The van der Waals surface area contributed by atoms with E-state index in [1.54, 1.807) is 4.90 Å². The van der Waals surface area contributed by atoms with Crippen LogP contribution in [0.3, 0.4) is 0 Å². The van der Waals surface area contributed by atoms with Crippen molar-refractivity contribution in [3.63, 3.8) is 0 Å². The molecule has 3 aliphatic heterocycles. The number of carbonyl (C=O) groups is 1. The number of carbonyl (C=O) groups excluding carboxylic acids is 1. The number of rotatable bonds is 7. The summed E-state index contributed by atoms with van der Waals surface area (Å²) in [5.74, 6) is 2.18. The first-order valence-electron chi connectivity index (χ1n) is 13.5. The summed E-state index contributed by atoms with van der Waals surface area (Å²) in [5.41, 5.74) is 1.09. The van der Waals surface area contributed by atoms with Crippen molar-refractivity contribution in [2.24, 2.45) is 0 Å². The number of likely N-dealkylation sites (tertiary alicyclic amines) is 1. The lowest BCUT2D eigenvalue weighted by Crippen LogP contribution is -2.53. The SMILES string of the molecule is CN1C[C@H]2CC[C@@H](C1)N2c1nc(Nc2cc(C3CC3)[nH]n2)nc(N2C[C@H](F)C[C@H]2C(=O)Nc2cnccn2)n1. The summed E-state index contributed by atoms with van der Waals surface area (Å²) in [6.45, 7) is 1.85. The van der Waals surface area contributed by atoms with Gasteiger partial charge >= 0.3 is 0 Å². The average molecular weight is 535 g/mol. The molecule has 0 unspecified atom stereocenters. The topological polar surface area (TPSA) is 144 Å². The molecule has 4 atom stereocenters. The van der Waals surface area contributed by atoms with Crippen molar-refractivity contribution in [3.8, 4) is 0 Å². The van der Waals surface area contributed by atoms with E-state index in [-0.39, 0.29) is 36.9 Å². The Kier molecular flexibility index (Phi) is 5.98. The normalized spacial score (nSPS) is 26.7. The van der Waals surface area contributed by atoms with Gasteiger partial charge in [0.05, 0.1) is 12.7 Å². The summed E-state index contributed by atoms with van der Waals surface area (Å²) in [4.78, 5) is 41.9. The van der Waals surface area contributed by atoms with Gasteiger partial charge in [0, 0.05) is 61.7 Å². The van der Waals surface area contributed by atoms with E-state index in [2.05, 4.69) is 52.6 Å². The van der Waals surface area contributed by atoms with E-state index in [9.17, 15) is 9.18 Å². The van der Waals surface area contributed by atoms with E-state index >= 15 is 0 Å². The van der Waals surface area contributed by atoms with Crippen molar-refractivity contribution in [1.29, 1.82) is 0 Å². The van der Waals surface area contributed by atoms with Crippen LogP contribution in [0.4, 0.5) is 33.9 Å². The van der Waals surface area contributed by atoms with Gasteiger partial charge in [0.25, 0.3) is 0 Å². The molecule has 3 aromatic rings. The molecule has 0 radical (unpaired) electrons. The molecule has 3 aromatic heterocycles. The molecular formula is C25H31FN12O. The zero-order chi connectivity index (χ0) is 26.5. The molecule has 7 rings (SSSR count). The zero-order valence-corrected chi connectivity index (χ0v) is 21.7. The summed E-state index contributed by atoms with van der Waals surface area (Å²) >= 11 is 0. The number of hydrogen-bond acceptors (Lipinski definition) is 11. The van der Waals surface area contributed by atoms with Crippen LogP contribution in [-0.2, 0) is 4.79 Å². The monoisotopic (exact) mass is 534 g/mol. The van der Waals surface area contributed by atoms with E-state index in [4.69, 9.17) is 9.97 Å². The molecule has 1 saturated carbocycles. The molecular weight excluding hydrogens is 503 g/mol. The number of likely N-dealkylation sites (N-methyl/N-ethyl adjacent to an activating group) is 1. The Hall–Kier alpha value is -3.94. The second-order valence-electron chi connectivity index (χ2n) is 11.0. The number of alkyl halides is 1. The third-order valence-electron chi connectivity index (χ3n) is 7.99. The minimum absolute atomic E-state index is 0.00523. The highest BCUT2D eigenvalue weighted by Gasteiger charge is 2.43. The van der Waals surface area contributed by atoms with E-state index in [1.165, 1.54) is 18.6 Å². The van der Waals surface area contributed by atoms with Gasteiger partial charge in [-0.25, -0.2) is 9.37 Å². The summed E-state index contributed by atoms with van der Waals surface area (Å²) in [6, 6.07) is 1.74. The summed E-state index contributed by atoms with van der Waals surface area (Å²) < 4.78 is 14.8. The molecule has 2 bridgehead atoms. The maximum Gasteiger partial charge on any atom is 0.248 e. The van der Waals surface area contributed by atoms with Gasteiger partial charge < -0.3 is 25.3 Å². The number of nitrogens with zero attached hydrogens (tertiary/aromatic N) is 9. The number of hydrogen-bond donors (Lipinski definition) is 3. The van der Waals surface area contributed by atoms with E-state index < -0.39 is 12.2 Å². The van der Waals surface area contributed by atoms with E-state index in [1.807, 2.05) is 6.07 Å². The highest BCUT2D eigenvalue weighted by Crippen LogP contribution is 2.40. The molecule has 204 valence electrons. The van der Waals surface area contributed by atoms with Gasteiger partial charge in [0.2, 0.25) is 23.8 Å². The molecule has 1 aliphatic carbocycles. The molecule has 1 amide bonds. The minimum Gasteiger partial charge on any atom is -0.332 e. The van der Waals surface area contributed by atoms with Crippen LogP contribution in [0.1, 0.15) is 43.7 Å². The number of piperazine rings is 1. The molecule has 3 N–H and O–H groups in total. The molecule has 6 heterocycles. The van der Waals surface area contributed by atoms with Crippen molar-refractivity contribution >= 4 is 35.4 Å². The van der Waals surface area contributed by atoms with Gasteiger partial charge in [-0.05, 0) is 32.7 Å². The van der Waals surface area contributed by atoms with Gasteiger partial charge in [0.15, 0.2) is 11.6 Å². The first-order chi connectivity index (χ1) is 19.0. The zero-order valence-electron chi connectivity index (χ0n) is 21.7.